The van der Waals surface area contributed by atoms with E-state index >= 15 is 0 Å². The van der Waals surface area contributed by atoms with Gasteiger partial charge in [0, 0.05) is 28.9 Å². The van der Waals surface area contributed by atoms with E-state index in [1.54, 1.807) is 0 Å². The molecule has 152 valence electrons. The number of cyclic esters (lactones) is 1. The summed E-state index contributed by atoms with van der Waals surface area (Å²) in [5, 5.41) is 12.2. The Kier molecular flexibility index (Phi) is 5.74. The van der Waals surface area contributed by atoms with Crippen LogP contribution >= 0.6 is 0 Å². The Hall–Kier alpha value is -2.95. The smallest absolute Gasteiger partial charge is 0.378 e. The number of unbranched alkanes of at least 4 members (excludes halogenated alkanes) is 5. The van der Waals surface area contributed by atoms with Crippen molar-refractivity contribution in [3.63, 3.8) is 0 Å². The second kappa shape index (κ2) is 8.60. The fourth-order valence-electron chi connectivity index (χ4n) is 3.98. The monoisotopic (exact) mass is 393 g/mol. The standard InChI is InChI=1S/C24H27NO4/c1-2-3-4-5-6-9-14-25-20-11-8-7-10-18(20)19-13-12-17(15-21(19)25)29-23-22(26)16-28-24(23)27/h7-8,10-13,15,26H,2-6,9,14,16H2,1H3. The minimum atomic E-state index is -0.629. The second-order valence-corrected chi connectivity index (χ2v) is 7.57. The first kappa shape index (κ1) is 19.4. The van der Waals surface area contributed by atoms with Crippen LogP contribution in [0.5, 0.6) is 5.75 Å². The van der Waals surface area contributed by atoms with E-state index in [1.807, 2.05) is 18.2 Å². The molecule has 0 spiro atoms. The van der Waals surface area contributed by atoms with E-state index in [2.05, 4.69) is 35.8 Å². The molecule has 1 aliphatic rings. The summed E-state index contributed by atoms with van der Waals surface area (Å²) in [5.41, 5.74) is 2.28. The molecular weight excluding hydrogens is 366 g/mol. The molecule has 5 nitrogen and oxygen atoms in total. The largest absolute Gasteiger partial charge is 0.505 e. The first-order valence-corrected chi connectivity index (χ1v) is 10.5. The van der Waals surface area contributed by atoms with Crippen LogP contribution in [0.1, 0.15) is 45.4 Å². The van der Waals surface area contributed by atoms with E-state index in [0.29, 0.717) is 5.75 Å². The van der Waals surface area contributed by atoms with E-state index in [0.717, 1.165) is 23.9 Å². The number of para-hydroxylation sites is 1. The van der Waals surface area contributed by atoms with Gasteiger partial charge in [0.1, 0.15) is 5.75 Å². The summed E-state index contributed by atoms with van der Waals surface area (Å²) >= 11 is 0. The number of carbonyl (C=O) groups is 1. The average molecular weight is 393 g/mol. The summed E-state index contributed by atoms with van der Waals surface area (Å²) in [5.74, 6) is -0.397. The molecule has 2 heterocycles. The van der Waals surface area contributed by atoms with Crippen LogP contribution in [0.25, 0.3) is 21.8 Å². The SMILES string of the molecule is CCCCCCCCn1c2ccccc2c2ccc(OC3=C(O)COC3=O)cc21. The van der Waals surface area contributed by atoms with Crippen molar-refractivity contribution in [2.45, 2.75) is 52.0 Å². The molecule has 29 heavy (non-hydrogen) atoms. The lowest BCUT2D eigenvalue weighted by molar-refractivity contribution is -0.138. The molecule has 0 aliphatic carbocycles. The van der Waals surface area contributed by atoms with Gasteiger partial charge in [-0.3, -0.25) is 0 Å². The number of benzene rings is 2. The van der Waals surface area contributed by atoms with Crippen molar-refractivity contribution in [3.8, 4) is 5.75 Å². The lowest BCUT2D eigenvalue weighted by Crippen LogP contribution is -2.06. The van der Waals surface area contributed by atoms with Crippen LogP contribution < -0.4 is 4.74 Å². The first-order valence-electron chi connectivity index (χ1n) is 10.5. The molecule has 4 rings (SSSR count). The van der Waals surface area contributed by atoms with E-state index in [-0.39, 0.29) is 18.1 Å². The Bertz CT molecular complexity index is 1060. The molecule has 0 saturated carbocycles. The summed E-state index contributed by atoms with van der Waals surface area (Å²) in [6.45, 7) is 3.04. The number of ether oxygens (including phenoxy) is 2. The molecule has 5 heteroatoms. The van der Waals surface area contributed by atoms with Crippen LogP contribution in [0.2, 0.25) is 0 Å². The highest BCUT2D eigenvalue weighted by Gasteiger charge is 2.27. The first-order chi connectivity index (χ1) is 14.2. The number of rotatable bonds is 9. The van der Waals surface area contributed by atoms with Gasteiger partial charge in [-0.2, -0.15) is 0 Å². The molecule has 0 saturated heterocycles. The second-order valence-electron chi connectivity index (χ2n) is 7.57. The summed E-state index contributed by atoms with van der Waals surface area (Å²) in [4.78, 5) is 11.7. The van der Waals surface area contributed by atoms with Crippen LogP contribution in [0.4, 0.5) is 0 Å². The summed E-state index contributed by atoms with van der Waals surface area (Å²) in [6.07, 6.45) is 7.49. The highest BCUT2D eigenvalue weighted by Crippen LogP contribution is 2.33. The van der Waals surface area contributed by atoms with Crippen molar-refractivity contribution in [1.29, 1.82) is 0 Å². The van der Waals surface area contributed by atoms with Crippen LogP contribution in [0, 0.1) is 0 Å². The molecule has 0 atom stereocenters. The Morgan fingerprint density at radius 3 is 2.55 bits per heavy atom. The van der Waals surface area contributed by atoms with Crippen molar-refractivity contribution in [3.05, 3.63) is 54.0 Å². The number of carbonyl (C=O) groups excluding carboxylic acids is 1. The van der Waals surface area contributed by atoms with Gasteiger partial charge < -0.3 is 19.1 Å². The van der Waals surface area contributed by atoms with Gasteiger partial charge in [0.05, 0.1) is 5.52 Å². The topological polar surface area (TPSA) is 60.7 Å². The number of aliphatic hydroxyl groups excluding tert-OH is 1. The average Bonchev–Trinajstić information content (AvgIpc) is 3.22. The quantitative estimate of drug-likeness (QED) is 0.365. The zero-order valence-electron chi connectivity index (χ0n) is 16.8. The maximum Gasteiger partial charge on any atom is 0.378 e. The molecule has 0 radical (unpaired) electrons. The van der Waals surface area contributed by atoms with Gasteiger partial charge in [-0.1, -0.05) is 57.2 Å². The Balaban J connectivity index is 1.62. The molecule has 1 aromatic heterocycles. The van der Waals surface area contributed by atoms with Crippen molar-refractivity contribution in [1.82, 2.24) is 4.57 Å². The minimum Gasteiger partial charge on any atom is -0.505 e. The highest BCUT2D eigenvalue weighted by molar-refractivity contribution is 6.08. The lowest BCUT2D eigenvalue weighted by Gasteiger charge is -2.09. The van der Waals surface area contributed by atoms with E-state index in [9.17, 15) is 9.90 Å². The third-order valence-corrected chi connectivity index (χ3v) is 5.49. The van der Waals surface area contributed by atoms with Crippen LogP contribution in [-0.2, 0) is 16.1 Å². The highest BCUT2D eigenvalue weighted by atomic mass is 16.6. The van der Waals surface area contributed by atoms with Gasteiger partial charge in [0.2, 0.25) is 0 Å². The number of aromatic nitrogens is 1. The molecule has 0 amide bonds. The summed E-state index contributed by atoms with van der Waals surface area (Å²) < 4.78 is 12.8. The van der Waals surface area contributed by atoms with Gasteiger partial charge in [0.25, 0.3) is 5.76 Å². The number of fused-ring (bicyclic) bond motifs is 3. The summed E-state index contributed by atoms with van der Waals surface area (Å²) in [7, 11) is 0. The number of esters is 1. The Labute approximate surface area is 170 Å². The normalized spacial score (nSPS) is 14.2. The summed E-state index contributed by atoms with van der Waals surface area (Å²) in [6, 6.07) is 14.2. The van der Waals surface area contributed by atoms with Crippen LogP contribution in [0.15, 0.2) is 54.0 Å². The number of nitrogens with zero attached hydrogens (tertiary/aromatic N) is 1. The number of aliphatic hydroxyl groups is 1. The molecule has 1 aliphatic heterocycles. The predicted molar refractivity (Wildman–Crippen MR) is 114 cm³/mol. The van der Waals surface area contributed by atoms with Gasteiger partial charge in [-0.05, 0) is 24.6 Å². The van der Waals surface area contributed by atoms with Crippen LogP contribution in [0.3, 0.4) is 0 Å². The zero-order valence-corrected chi connectivity index (χ0v) is 16.8. The van der Waals surface area contributed by atoms with Crippen molar-refractivity contribution in [2.75, 3.05) is 6.61 Å². The number of aryl methyl sites for hydroxylation is 1. The van der Waals surface area contributed by atoms with E-state index in [4.69, 9.17) is 9.47 Å². The van der Waals surface area contributed by atoms with Gasteiger partial charge in [-0.15, -0.1) is 0 Å². The van der Waals surface area contributed by atoms with Crippen LogP contribution in [-0.4, -0.2) is 22.2 Å². The Morgan fingerprint density at radius 1 is 1.00 bits per heavy atom. The van der Waals surface area contributed by atoms with Crippen molar-refractivity contribution >= 4 is 27.8 Å². The van der Waals surface area contributed by atoms with E-state index in [1.165, 1.54) is 43.0 Å². The lowest BCUT2D eigenvalue weighted by atomic mass is 10.1. The minimum absolute atomic E-state index is 0.122. The maximum atomic E-state index is 11.7. The molecule has 3 aromatic rings. The Morgan fingerprint density at radius 2 is 1.76 bits per heavy atom. The van der Waals surface area contributed by atoms with Gasteiger partial charge in [0.15, 0.2) is 12.4 Å². The zero-order chi connectivity index (χ0) is 20.2. The van der Waals surface area contributed by atoms with E-state index < -0.39 is 5.97 Å². The van der Waals surface area contributed by atoms with Crippen molar-refractivity contribution in [2.24, 2.45) is 0 Å². The fourth-order valence-corrected chi connectivity index (χ4v) is 3.98. The molecule has 2 aromatic carbocycles. The molecular formula is C24H27NO4. The number of hydrogen-bond acceptors (Lipinski definition) is 4. The number of hydrogen-bond donors (Lipinski definition) is 1. The van der Waals surface area contributed by atoms with Gasteiger partial charge in [-0.25, -0.2) is 4.79 Å². The molecule has 0 unspecified atom stereocenters. The molecule has 1 N–H and O–H groups in total. The van der Waals surface area contributed by atoms with Crippen molar-refractivity contribution < 1.29 is 19.4 Å². The van der Waals surface area contributed by atoms with Gasteiger partial charge >= 0.3 is 5.97 Å². The molecule has 0 fully saturated rings. The molecule has 0 bridgehead atoms. The third kappa shape index (κ3) is 3.95. The maximum absolute atomic E-state index is 11.7. The predicted octanol–water partition coefficient (Wildman–Crippen LogP) is 5.86. The third-order valence-electron chi connectivity index (χ3n) is 5.49. The fraction of sp³-hybridized carbons (Fsp3) is 0.375.